The zero-order valence-corrected chi connectivity index (χ0v) is 14.8. The molecular formula is C20H24N2O3. The predicted molar refractivity (Wildman–Crippen MR) is 94.6 cm³/mol. The lowest BCUT2D eigenvalue weighted by Gasteiger charge is -2.29. The average molecular weight is 340 g/mol. The maximum atomic E-state index is 13.0. The van der Waals surface area contributed by atoms with Crippen LogP contribution in [0.15, 0.2) is 47.3 Å². The van der Waals surface area contributed by atoms with E-state index >= 15 is 0 Å². The predicted octanol–water partition coefficient (Wildman–Crippen LogP) is 3.13. The molecule has 1 aliphatic rings. The molecule has 1 fully saturated rings. The van der Waals surface area contributed by atoms with Crippen LogP contribution < -0.4 is 0 Å². The molecule has 25 heavy (non-hydrogen) atoms. The molecule has 2 amide bonds. The molecular weight excluding hydrogens is 316 g/mol. The Kier molecular flexibility index (Phi) is 5.22. The number of nitrogens with zero attached hydrogens (tertiary/aromatic N) is 2. The Morgan fingerprint density at radius 3 is 2.64 bits per heavy atom. The minimum absolute atomic E-state index is 0.0154. The van der Waals surface area contributed by atoms with E-state index in [0.29, 0.717) is 32.5 Å². The first-order valence-electron chi connectivity index (χ1n) is 8.73. The van der Waals surface area contributed by atoms with Gasteiger partial charge in [0.2, 0.25) is 11.8 Å². The van der Waals surface area contributed by atoms with E-state index in [4.69, 9.17) is 4.42 Å². The van der Waals surface area contributed by atoms with Gasteiger partial charge in [0.25, 0.3) is 0 Å². The van der Waals surface area contributed by atoms with Crippen molar-refractivity contribution in [1.29, 1.82) is 0 Å². The summed E-state index contributed by atoms with van der Waals surface area (Å²) in [7, 11) is 0. The van der Waals surface area contributed by atoms with E-state index in [1.54, 1.807) is 22.3 Å². The summed E-state index contributed by atoms with van der Waals surface area (Å²) in [6.45, 7) is 5.59. The summed E-state index contributed by atoms with van der Waals surface area (Å²) in [5.41, 5.74) is 3.20. The van der Waals surface area contributed by atoms with Gasteiger partial charge in [0.1, 0.15) is 6.04 Å². The number of furan rings is 1. The van der Waals surface area contributed by atoms with Crippen LogP contribution in [0.1, 0.15) is 36.5 Å². The highest BCUT2D eigenvalue weighted by Crippen LogP contribution is 2.24. The number of amides is 2. The number of likely N-dealkylation sites (N-methyl/N-ethyl adjacent to an activating group) is 1. The zero-order chi connectivity index (χ0) is 17.8. The first kappa shape index (κ1) is 17.3. The van der Waals surface area contributed by atoms with Gasteiger partial charge in [-0.05, 0) is 31.9 Å². The van der Waals surface area contributed by atoms with Crippen molar-refractivity contribution in [2.24, 2.45) is 0 Å². The van der Waals surface area contributed by atoms with Crippen LogP contribution in [-0.4, -0.2) is 34.2 Å². The van der Waals surface area contributed by atoms with Crippen molar-refractivity contribution in [2.75, 3.05) is 6.54 Å². The Morgan fingerprint density at radius 1 is 1.24 bits per heavy atom. The van der Waals surface area contributed by atoms with Crippen LogP contribution in [0.5, 0.6) is 0 Å². The van der Waals surface area contributed by atoms with E-state index in [9.17, 15) is 9.59 Å². The minimum Gasteiger partial charge on any atom is -0.472 e. The number of likely N-dealkylation sites (tertiary alicyclic amines) is 1. The van der Waals surface area contributed by atoms with Crippen molar-refractivity contribution < 1.29 is 14.0 Å². The fourth-order valence-electron chi connectivity index (χ4n) is 3.24. The molecule has 0 bridgehead atoms. The molecule has 1 atom stereocenters. The van der Waals surface area contributed by atoms with Gasteiger partial charge in [0, 0.05) is 31.6 Å². The normalized spacial score (nSPS) is 17.1. The van der Waals surface area contributed by atoms with Crippen LogP contribution >= 0.6 is 0 Å². The number of rotatable bonds is 6. The summed E-state index contributed by atoms with van der Waals surface area (Å²) >= 11 is 0. The van der Waals surface area contributed by atoms with Gasteiger partial charge in [-0.15, -0.1) is 0 Å². The molecule has 5 heteroatoms. The van der Waals surface area contributed by atoms with Crippen LogP contribution in [0.3, 0.4) is 0 Å². The van der Waals surface area contributed by atoms with E-state index in [1.807, 2.05) is 44.2 Å². The third-order valence-electron chi connectivity index (χ3n) is 4.73. The second-order valence-electron chi connectivity index (χ2n) is 6.55. The van der Waals surface area contributed by atoms with Crippen molar-refractivity contribution in [1.82, 2.24) is 9.80 Å². The van der Waals surface area contributed by atoms with Crippen molar-refractivity contribution in [3.05, 3.63) is 59.5 Å². The second-order valence-corrected chi connectivity index (χ2v) is 6.55. The van der Waals surface area contributed by atoms with E-state index in [2.05, 4.69) is 0 Å². The maximum Gasteiger partial charge on any atom is 0.245 e. The Balaban J connectivity index is 1.73. The molecule has 132 valence electrons. The molecule has 0 unspecified atom stereocenters. The number of hydrogen-bond acceptors (Lipinski definition) is 3. The molecule has 0 radical (unpaired) electrons. The van der Waals surface area contributed by atoms with Gasteiger partial charge in [0.05, 0.1) is 12.5 Å². The Morgan fingerprint density at radius 2 is 2.00 bits per heavy atom. The van der Waals surface area contributed by atoms with Gasteiger partial charge >= 0.3 is 0 Å². The highest BCUT2D eigenvalue weighted by molar-refractivity contribution is 5.90. The van der Waals surface area contributed by atoms with Gasteiger partial charge in [-0.2, -0.15) is 0 Å². The van der Waals surface area contributed by atoms with Gasteiger partial charge < -0.3 is 14.2 Å². The molecule has 0 aliphatic carbocycles. The largest absolute Gasteiger partial charge is 0.472 e. The Bertz CT molecular complexity index is 722. The quantitative estimate of drug-likeness (QED) is 0.812. The summed E-state index contributed by atoms with van der Waals surface area (Å²) in [5, 5.41) is 0. The molecule has 5 nitrogen and oxygen atoms in total. The molecule has 1 saturated heterocycles. The van der Waals surface area contributed by atoms with E-state index < -0.39 is 0 Å². The molecule has 0 N–H and O–H groups in total. The van der Waals surface area contributed by atoms with Gasteiger partial charge in [0.15, 0.2) is 0 Å². The van der Waals surface area contributed by atoms with Crippen LogP contribution in [-0.2, 0) is 22.7 Å². The number of benzene rings is 1. The van der Waals surface area contributed by atoms with Gasteiger partial charge in [-0.3, -0.25) is 9.59 Å². The first-order valence-corrected chi connectivity index (χ1v) is 8.73. The fraction of sp³-hybridized carbons (Fsp3) is 0.400. The second kappa shape index (κ2) is 7.55. The monoisotopic (exact) mass is 340 g/mol. The van der Waals surface area contributed by atoms with E-state index in [1.165, 1.54) is 5.56 Å². The molecule has 0 saturated carbocycles. The Labute approximate surface area is 148 Å². The van der Waals surface area contributed by atoms with Crippen molar-refractivity contribution in [3.63, 3.8) is 0 Å². The standard InChI is InChI=1S/C20H24N2O3/c1-3-21(12-17-10-11-25-14-17)20(24)18-8-9-19(23)22(18)13-16-6-4-15(2)5-7-16/h4-7,10-11,14,18H,3,8-9,12-13H2,1-2H3/t18-/m0/s1. The SMILES string of the molecule is CCN(Cc1ccoc1)C(=O)[C@@H]1CCC(=O)N1Cc1ccc(C)cc1. The lowest BCUT2D eigenvalue weighted by Crippen LogP contribution is -2.46. The highest BCUT2D eigenvalue weighted by atomic mass is 16.3. The fourth-order valence-corrected chi connectivity index (χ4v) is 3.24. The topological polar surface area (TPSA) is 53.8 Å². The van der Waals surface area contributed by atoms with Crippen LogP contribution in [0.2, 0.25) is 0 Å². The molecule has 1 aliphatic heterocycles. The van der Waals surface area contributed by atoms with Crippen LogP contribution in [0.25, 0.3) is 0 Å². The zero-order valence-electron chi connectivity index (χ0n) is 14.8. The molecule has 1 aromatic carbocycles. The highest BCUT2D eigenvalue weighted by Gasteiger charge is 2.37. The summed E-state index contributed by atoms with van der Waals surface area (Å²) in [6.07, 6.45) is 4.28. The summed E-state index contributed by atoms with van der Waals surface area (Å²) in [6, 6.07) is 9.59. The third-order valence-corrected chi connectivity index (χ3v) is 4.73. The van der Waals surface area contributed by atoms with E-state index in [0.717, 1.165) is 11.1 Å². The van der Waals surface area contributed by atoms with E-state index in [-0.39, 0.29) is 17.9 Å². The average Bonchev–Trinajstić information content (AvgIpc) is 3.25. The summed E-state index contributed by atoms with van der Waals surface area (Å²) in [5.74, 6) is 0.0694. The molecule has 0 spiro atoms. The van der Waals surface area contributed by atoms with Crippen LogP contribution in [0.4, 0.5) is 0 Å². The summed E-state index contributed by atoms with van der Waals surface area (Å²) in [4.78, 5) is 28.8. The first-order chi connectivity index (χ1) is 12.1. The molecule has 3 rings (SSSR count). The third kappa shape index (κ3) is 3.92. The lowest BCUT2D eigenvalue weighted by molar-refractivity contribution is -0.142. The van der Waals surface area contributed by atoms with Crippen molar-refractivity contribution in [2.45, 2.75) is 45.8 Å². The molecule has 2 aromatic rings. The Hall–Kier alpha value is -2.56. The van der Waals surface area contributed by atoms with Gasteiger partial charge in [-0.1, -0.05) is 29.8 Å². The molecule has 2 heterocycles. The maximum absolute atomic E-state index is 13.0. The number of hydrogen-bond donors (Lipinski definition) is 0. The number of carbonyl (C=O) groups excluding carboxylic acids is 2. The smallest absolute Gasteiger partial charge is 0.245 e. The van der Waals surface area contributed by atoms with Crippen molar-refractivity contribution >= 4 is 11.8 Å². The van der Waals surface area contributed by atoms with Gasteiger partial charge in [-0.25, -0.2) is 0 Å². The van der Waals surface area contributed by atoms with Crippen LogP contribution in [0, 0.1) is 6.92 Å². The van der Waals surface area contributed by atoms with Crippen molar-refractivity contribution in [3.8, 4) is 0 Å². The number of carbonyl (C=O) groups is 2. The minimum atomic E-state index is -0.374. The lowest BCUT2D eigenvalue weighted by atomic mass is 10.1. The number of aryl methyl sites for hydroxylation is 1. The molecule has 1 aromatic heterocycles. The summed E-state index contributed by atoms with van der Waals surface area (Å²) < 4.78 is 5.09.